The highest BCUT2D eigenvalue weighted by Crippen LogP contribution is 2.30. The molecule has 1 aromatic rings. The van der Waals surface area contributed by atoms with Gasteiger partial charge in [-0.1, -0.05) is 0 Å². The number of rotatable bonds is 4. The fourth-order valence-electron chi connectivity index (χ4n) is 1.40. The van der Waals surface area contributed by atoms with Crippen LogP contribution < -0.4 is 10.6 Å². The summed E-state index contributed by atoms with van der Waals surface area (Å²) in [4.78, 5) is 10.4. The third-order valence-corrected chi connectivity index (χ3v) is 3.99. The molecule has 2 N–H and O–H groups in total. The monoisotopic (exact) mass is 310 g/mol. The minimum absolute atomic E-state index is 0.308. The van der Waals surface area contributed by atoms with Crippen LogP contribution in [0.2, 0.25) is 0 Å². The number of anilines is 1. The maximum absolute atomic E-state index is 12.3. The van der Waals surface area contributed by atoms with E-state index in [1.165, 1.54) is 7.05 Å². The standard InChI is InChI=1S/C11H13F3N2O3S/c1-7(10(17)15-2)16-8-3-5-9(6-4-8)20(18,19)11(12,13)14/h3-7,16H,1-2H3,(H,15,17). The van der Waals surface area contributed by atoms with Crippen LogP contribution in [0.5, 0.6) is 0 Å². The second-order valence-electron chi connectivity index (χ2n) is 3.95. The Morgan fingerprint density at radius 1 is 1.20 bits per heavy atom. The number of nitrogens with one attached hydrogen (secondary N) is 2. The molecule has 20 heavy (non-hydrogen) atoms. The summed E-state index contributed by atoms with van der Waals surface area (Å²) in [6.07, 6.45) is 0. The molecule has 5 nitrogen and oxygen atoms in total. The summed E-state index contributed by atoms with van der Waals surface area (Å²) in [6, 6.07) is 3.39. The molecule has 112 valence electrons. The highest BCUT2D eigenvalue weighted by Gasteiger charge is 2.46. The van der Waals surface area contributed by atoms with Gasteiger partial charge in [-0.15, -0.1) is 0 Å². The lowest BCUT2D eigenvalue weighted by molar-refractivity contribution is -0.121. The van der Waals surface area contributed by atoms with Crippen LogP contribution in [0.3, 0.4) is 0 Å². The molecule has 1 rings (SSSR count). The van der Waals surface area contributed by atoms with Crippen molar-refractivity contribution in [1.29, 1.82) is 0 Å². The van der Waals surface area contributed by atoms with E-state index in [9.17, 15) is 26.4 Å². The van der Waals surface area contributed by atoms with Crippen LogP contribution in [-0.4, -0.2) is 32.9 Å². The van der Waals surface area contributed by atoms with Gasteiger partial charge in [0.2, 0.25) is 5.91 Å². The maximum Gasteiger partial charge on any atom is 0.501 e. The van der Waals surface area contributed by atoms with Crippen molar-refractivity contribution >= 4 is 21.4 Å². The Labute approximate surface area is 114 Å². The first-order chi connectivity index (χ1) is 9.09. The Hall–Kier alpha value is -1.77. The molecule has 9 heteroatoms. The molecule has 0 fully saturated rings. The summed E-state index contributed by atoms with van der Waals surface area (Å²) in [6.45, 7) is 1.55. The number of carbonyl (C=O) groups excluding carboxylic acids is 1. The first kappa shape index (κ1) is 16.3. The molecule has 0 heterocycles. The van der Waals surface area contributed by atoms with Crippen LogP contribution >= 0.6 is 0 Å². The summed E-state index contributed by atoms with van der Waals surface area (Å²) in [5, 5.41) is 5.12. The van der Waals surface area contributed by atoms with Crippen molar-refractivity contribution in [1.82, 2.24) is 5.32 Å². The first-order valence-corrected chi connectivity index (χ1v) is 6.97. The summed E-state index contributed by atoms with van der Waals surface area (Å²) in [5.41, 5.74) is -5.00. The van der Waals surface area contributed by atoms with Gasteiger partial charge in [-0.2, -0.15) is 13.2 Å². The van der Waals surface area contributed by atoms with Crippen molar-refractivity contribution < 1.29 is 26.4 Å². The number of sulfone groups is 1. The molecule has 1 unspecified atom stereocenters. The lowest BCUT2D eigenvalue weighted by Crippen LogP contribution is -2.35. The van der Waals surface area contributed by atoms with Crippen molar-refractivity contribution in [2.45, 2.75) is 23.4 Å². The van der Waals surface area contributed by atoms with E-state index in [4.69, 9.17) is 0 Å². The van der Waals surface area contributed by atoms with Gasteiger partial charge in [0.15, 0.2) is 0 Å². The Morgan fingerprint density at radius 2 is 1.70 bits per heavy atom. The number of benzene rings is 1. The van der Waals surface area contributed by atoms with Gasteiger partial charge in [-0.05, 0) is 31.2 Å². The van der Waals surface area contributed by atoms with Crippen molar-refractivity contribution in [2.75, 3.05) is 12.4 Å². The number of carbonyl (C=O) groups is 1. The van der Waals surface area contributed by atoms with Gasteiger partial charge in [-0.25, -0.2) is 8.42 Å². The molecule has 0 saturated carbocycles. The molecule has 0 aliphatic carbocycles. The van der Waals surface area contributed by atoms with E-state index in [0.29, 0.717) is 5.69 Å². The maximum atomic E-state index is 12.3. The van der Waals surface area contributed by atoms with Gasteiger partial charge in [0.1, 0.15) is 6.04 Å². The lowest BCUT2D eigenvalue weighted by atomic mass is 10.2. The molecule has 0 aliphatic heterocycles. The molecule has 0 aliphatic rings. The molecule has 0 saturated heterocycles. The zero-order valence-corrected chi connectivity index (χ0v) is 11.5. The van der Waals surface area contributed by atoms with Gasteiger partial charge >= 0.3 is 5.51 Å². The highest BCUT2D eigenvalue weighted by molar-refractivity contribution is 7.92. The first-order valence-electron chi connectivity index (χ1n) is 5.49. The predicted molar refractivity (Wildman–Crippen MR) is 66.8 cm³/mol. The van der Waals surface area contributed by atoms with Crippen molar-refractivity contribution in [3.63, 3.8) is 0 Å². The largest absolute Gasteiger partial charge is 0.501 e. The minimum Gasteiger partial charge on any atom is -0.374 e. The quantitative estimate of drug-likeness (QED) is 0.884. The van der Waals surface area contributed by atoms with E-state index in [0.717, 1.165) is 24.3 Å². The predicted octanol–water partition coefficient (Wildman–Crippen LogP) is 1.53. The fourth-order valence-corrected chi connectivity index (χ4v) is 2.16. The molecule has 1 amide bonds. The van der Waals surface area contributed by atoms with E-state index in [-0.39, 0.29) is 5.91 Å². The third kappa shape index (κ3) is 3.41. The number of likely N-dealkylation sites (N-methyl/N-ethyl adjacent to an activating group) is 1. The van der Waals surface area contributed by atoms with E-state index in [1.54, 1.807) is 6.92 Å². The third-order valence-electron chi connectivity index (χ3n) is 2.49. The molecule has 1 atom stereocenters. The zero-order valence-electron chi connectivity index (χ0n) is 10.7. The minimum atomic E-state index is -5.35. The van der Waals surface area contributed by atoms with Crippen LogP contribution in [0.1, 0.15) is 6.92 Å². The van der Waals surface area contributed by atoms with Gasteiger partial charge in [0.05, 0.1) is 4.90 Å². The average Bonchev–Trinajstić information content (AvgIpc) is 2.37. The van der Waals surface area contributed by atoms with Crippen LogP contribution in [0.15, 0.2) is 29.2 Å². The Morgan fingerprint density at radius 3 is 2.10 bits per heavy atom. The van der Waals surface area contributed by atoms with Gasteiger partial charge in [0, 0.05) is 12.7 Å². The van der Waals surface area contributed by atoms with Crippen molar-refractivity contribution in [3.8, 4) is 0 Å². The van der Waals surface area contributed by atoms with Crippen LogP contribution in [0.4, 0.5) is 18.9 Å². The molecule has 0 bridgehead atoms. The fraction of sp³-hybridized carbons (Fsp3) is 0.364. The van der Waals surface area contributed by atoms with E-state index in [2.05, 4.69) is 10.6 Å². The number of hydrogen-bond donors (Lipinski definition) is 2. The number of alkyl halides is 3. The summed E-state index contributed by atoms with van der Waals surface area (Å²) < 4.78 is 59.2. The lowest BCUT2D eigenvalue weighted by Gasteiger charge is -2.14. The molecule has 0 aromatic heterocycles. The summed E-state index contributed by atoms with van der Waals surface area (Å²) in [5.74, 6) is -0.308. The van der Waals surface area contributed by atoms with Crippen LogP contribution in [0.25, 0.3) is 0 Å². The molecular formula is C11H13F3N2O3S. The number of halogens is 3. The van der Waals surface area contributed by atoms with Crippen molar-refractivity contribution in [3.05, 3.63) is 24.3 Å². The summed E-state index contributed by atoms with van der Waals surface area (Å²) >= 11 is 0. The van der Waals surface area contributed by atoms with E-state index in [1.807, 2.05) is 0 Å². The topological polar surface area (TPSA) is 75.3 Å². The second kappa shape index (κ2) is 5.70. The Bertz CT molecular complexity index is 582. The van der Waals surface area contributed by atoms with Crippen LogP contribution in [0, 0.1) is 0 Å². The van der Waals surface area contributed by atoms with Crippen molar-refractivity contribution in [2.24, 2.45) is 0 Å². The molecule has 0 radical (unpaired) electrons. The smallest absolute Gasteiger partial charge is 0.374 e. The average molecular weight is 310 g/mol. The normalized spacial score (nSPS) is 13.7. The number of hydrogen-bond acceptors (Lipinski definition) is 4. The molecule has 0 spiro atoms. The summed E-state index contributed by atoms with van der Waals surface area (Å²) in [7, 11) is -3.91. The Balaban J connectivity index is 2.93. The zero-order chi connectivity index (χ0) is 15.6. The van der Waals surface area contributed by atoms with E-state index >= 15 is 0 Å². The van der Waals surface area contributed by atoms with Gasteiger partial charge in [0.25, 0.3) is 9.84 Å². The molecule has 1 aromatic carbocycles. The SMILES string of the molecule is CNC(=O)C(C)Nc1ccc(S(=O)(=O)C(F)(F)F)cc1. The van der Waals surface area contributed by atoms with Crippen LogP contribution in [-0.2, 0) is 14.6 Å². The van der Waals surface area contributed by atoms with Gasteiger partial charge < -0.3 is 10.6 Å². The molecular weight excluding hydrogens is 297 g/mol. The highest BCUT2D eigenvalue weighted by atomic mass is 32.2. The second-order valence-corrected chi connectivity index (χ2v) is 5.90. The number of amides is 1. The Kier molecular flexibility index (Phi) is 4.64. The van der Waals surface area contributed by atoms with Gasteiger partial charge in [-0.3, -0.25) is 4.79 Å². The van der Waals surface area contributed by atoms with E-state index < -0.39 is 26.3 Å².